The molecule has 3 aliphatic rings. The van der Waals surface area contributed by atoms with Gasteiger partial charge in [-0.15, -0.1) is 11.8 Å². The van der Waals surface area contributed by atoms with Gasteiger partial charge in [-0.25, -0.2) is 4.79 Å². The van der Waals surface area contributed by atoms with Crippen molar-refractivity contribution in [3.8, 4) is 0 Å². The Hall–Kier alpha value is -1.09. The first-order chi connectivity index (χ1) is 10.8. The normalized spacial score (nSPS) is 40.6. The van der Waals surface area contributed by atoms with E-state index in [1.54, 1.807) is 6.92 Å². The molecule has 2 fully saturated rings. The SMILES string of the molecule is C[C@H]1C(S[C@@H]2[C@@H](C)O[C@@H]2CN)=C(C(=O)O)N2C(=O)[C@H]([C@@H](C)O)C12. The molecule has 1 unspecified atom stereocenters. The second-order valence-corrected chi connectivity index (χ2v) is 7.69. The maximum Gasteiger partial charge on any atom is 0.353 e. The van der Waals surface area contributed by atoms with Gasteiger partial charge in [-0.05, 0) is 13.8 Å². The summed E-state index contributed by atoms with van der Waals surface area (Å²) in [5.41, 5.74) is 5.73. The van der Waals surface area contributed by atoms with E-state index in [0.717, 1.165) is 0 Å². The van der Waals surface area contributed by atoms with Crippen molar-refractivity contribution in [1.29, 1.82) is 0 Å². The van der Waals surface area contributed by atoms with Crippen LogP contribution in [-0.2, 0) is 14.3 Å². The van der Waals surface area contributed by atoms with Crippen LogP contribution in [0.2, 0.25) is 0 Å². The molecule has 3 aliphatic heterocycles. The summed E-state index contributed by atoms with van der Waals surface area (Å²) in [5, 5.41) is 19.5. The first-order valence-electron chi connectivity index (χ1n) is 7.80. The minimum absolute atomic E-state index is 0.000174. The van der Waals surface area contributed by atoms with E-state index in [0.29, 0.717) is 11.4 Å². The minimum Gasteiger partial charge on any atom is -0.477 e. The van der Waals surface area contributed by atoms with Gasteiger partial charge in [0.1, 0.15) is 5.70 Å². The van der Waals surface area contributed by atoms with Gasteiger partial charge in [-0.1, -0.05) is 6.92 Å². The molecule has 0 saturated carbocycles. The zero-order valence-electron chi connectivity index (χ0n) is 13.3. The van der Waals surface area contributed by atoms with Crippen molar-refractivity contribution in [1.82, 2.24) is 4.90 Å². The third-order valence-electron chi connectivity index (χ3n) is 5.02. The molecule has 0 spiro atoms. The largest absolute Gasteiger partial charge is 0.477 e. The van der Waals surface area contributed by atoms with Gasteiger partial charge in [0.15, 0.2) is 0 Å². The third kappa shape index (κ3) is 2.31. The van der Waals surface area contributed by atoms with Gasteiger partial charge >= 0.3 is 5.97 Å². The highest BCUT2D eigenvalue weighted by molar-refractivity contribution is 8.03. The highest BCUT2D eigenvalue weighted by atomic mass is 32.2. The number of aliphatic carboxylic acids is 1. The number of carbonyl (C=O) groups excluding carboxylic acids is 1. The number of fused-ring (bicyclic) bond motifs is 1. The molecule has 0 bridgehead atoms. The Morgan fingerprint density at radius 1 is 1.48 bits per heavy atom. The number of carbonyl (C=O) groups is 2. The van der Waals surface area contributed by atoms with Gasteiger partial charge in [0.25, 0.3) is 0 Å². The van der Waals surface area contributed by atoms with E-state index in [-0.39, 0.29) is 41.0 Å². The standard InChI is InChI=1S/C15H22N2O5S/c1-5-10-9(6(2)18)14(19)17(10)11(15(20)21)12(5)23-13-7(3)22-8(13)4-16/h5-10,13,18H,4,16H2,1-3H3,(H,20,21)/t5-,6-,7-,8-,9-,10?,13-/m1/s1. The summed E-state index contributed by atoms with van der Waals surface area (Å²) >= 11 is 1.46. The van der Waals surface area contributed by atoms with Gasteiger partial charge in [-0.3, -0.25) is 4.79 Å². The zero-order chi connectivity index (χ0) is 17.0. The number of hydrogen-bond donors (Lipinski definition) is 3. The molecule has 3 rings (SSSR count). The fourth-order valence-electron chi connectivity index (χ4n) is 3.83. The Balaban J connectivity index is 1.89. The molecule has 8 heteroatoms. The van der Waals surface area contributed by atoms with Gasteiger partial charge in [0, 0.05) is 17.4 Å². The van der Waals surface area contributed by atoms with Crippen LogP contribution in [0, 0.1) is 11.8 Å². The molecular formula is C15H22N2O5S. The molecule has 0 aromatic rings. The first-order valence-corrected chi connectivity index (χ1v) is 8.68. The summed E-state index contributed by atoms with van der Waals surface area (Å²) in [6.07, 6.45) is -0.880. The Bertz CT molecular complexity index is 578. The summed E-state index contributed by atoms with van der Waals surface area (Å²) in [6.45, 7) is 5.81. The van der Waals surface area contributed by atoms with E-state index in [2.05, 4.69) is 0 Å². The molecule has 2 saturated heterocycles. The van der Waals surface area contributed by atoms with Gasteiger partial charge in [0.2, 0.25) is 5.91 Å². The lowest BCUT2D eigenvalue weighted by atomic mass is 9.79. The molecule has 0 aliphatic carbocycles. The van der Waals surface area contributed by atoms with E-state index in [1.165, 1.54) is 16.7 Å². The quantitative estimate of drug-likeness (QED) is 0.602. The number of carboxylic acids is 1. The van der Waals surface area contributed by atoms with Crippen molar-refractivity contribution < 1.29 is 24.5 Å². The van der Waals surface area contributed by atoms with Crippen molar-refractivity contribution in [2.45, 2.75) is 50.4 Å². The summed E-state index contributed by atoms with van der Waals surface area (Å²) < 4.78 is 5.56. The van der Waals surface area contributed by atoms with Crippen molar-refractivity contribution in [3.05, 3.63) is 10.6 Å². The smallest absolute Gasteiger partial charge is 0.353 e. The highest BCUT2D eigenvalue weighted by Gasteiger charge is 2.60. The second-order valence-electron chi connectivity index (χ2n) is 6.47. The lowest BCUT2D eigenvalue weighted by Crippen LogP contribution is -2.63. The maximum absolute atomic E-state index is 12.3. The van der Waals surface area contributed by atoms with E-state index < -0.39 is 18.0 Å². The van der Waals surface area contributed by atoms with E-state index in [4.69, 9.17) is 10.5 Å². The number of aliphatic hydroxyl groups is 1. The zero-order valence-corrected chi connectivity index (χ0v) is 14.1. The molecule has 7 nitrogen and oxygen atoms in total. The molecule has 3 heterocycles. The minimum atomic E-state index is -1.10. The van der Waals surface area contributed by atoms with Crippen LogP contribution in [0.5, 0.6) is 0 Å². The van der Waals surface area contributed by atoms with Crippen molar-refractivity contribution in [2.75, 3.05) is 6.54 Å². The summed E-state index contributed by atoms with van der Waals surface area (Å²) in [6, 6.07) is -0.274. The lowest BCUT2D eigenvalue weighted by molar-refractivity contribution is -0.163. The predicted molar refractivity (Wildman–Crippen MR) is 84.4 cm³/mol. The number of amides is 1. The van der Waals surface area contributed by atoms with Crippen LogP contribution in [0.15, 0.2) is 10.6 Å². The Labute approximate surface area is 138 Å². The lowest BCUT2D eigenvalue weighted by Gasteiger charge is -2.46. The molecule has 4 N–H and O–H groups in total. The van der Waals surface area contributed by atoms with Gasteiger partial charge < -0.3 is 25.6 Å². The number of ether oxygens (including phenoxy) is 1. The monoisotopic (exact) mass is 342 g/mol. The van der Waals surface area contributed by atoms with Crippen molar-refractivity contribution in [2.24, 2.45) is 17.6 Å². The second kappa shape index (κ2) is 5.77. The van der Waals surface area contributed by atoms with E-state index in [9.17, 15) is 19.8 Å². The fraction of sp³-hybridized carbons (Fsp3) is 0.733. The number of aliphatic hydroxyl groups excluding tert-OH is 1. The predicted octanol–water partition coefficient (Wildman–Crippen LogP) is -0.0121. The van der Waals surface area contributed by atoms with Crippen molar-refractivity contribution in [3.63, 3.8) is 0 Å². The molecule has 0 radical (unpaired) electrons. The number of thioether (sulfide) groups is 1. The summed E-state index contributed by atoms with van der Waals surface area (Å²) in [7, 11) is 0. The third-order valence-corrected chi connectivity index (χ3v) is 6.80. The summed E-state index contributed by atoms with van der Waals surface area (Å²) in [5.74, 6) is -2.05. The van der Waals surface area contributed by atoms with Crippen LogP contribution in [0.1, 0.15) is 20.8 Å². The molecule has 23 heavy (non-hydrogen) atoms. The number of β-lactam (4-membered cyclic amide) rings is 1. The average Bonchev–Trinajstić information content (AvgIpc) is 2.71. The van der Waals surface area contributed by atoms with E-state index in [1.807, 2.05) is 13.8 Å². The first kappa shape index (κ1) is 16.8. The maximum atomic E-state index is 12.3. The average molecular weight is 342 g/mol. The molecule has 1 amide bonds. The van der Waals surface area contributed by atoms with Crippen molar-refractivity contribution >= 4 is 23.6 Å². The van der Waals surface area contributed by atoms with Gasteiger partial charge in [-0.2, -0.15) is 0 Å². The molecular weight excluding hydrogens is 320 g/mol. The van der Waals surface area contributed by atoms with Crippen LogP contribution in [0.25, 0.3) is 0 Å². The van der Waals surface area contributed by atoms with Crippen LogP contribution < -0.4 is 5.73 Å². The summed E-state index contributed by atoms with van der Waals surface area (Å²) in [4.78, 5) is 26.0. The van der Waals surface area contributed by atoms with Gasteiger partial charge in [0.05, 0.1) is 35.5 Å². The number of nitrogens with two attached hydrogens (primary N) is 1. The molecule has 128 valence electrons. The number of nitrogens with zero attached hydrogens (tertiary/aromatic N) is 1. The Kier molecular flexibility index (Phi) is 4.20. The topological polar surface area (TPSA) is 113 Å². The molecule has 0 aromatic carbocycles. The van der Waals surface area contributed by atoms with Crippen LogP contribution in [0.3, 0.4) is 0 Å². The molecule has 0 aromatic heterocycles. The van der Waals surface area contributed by atoms with Crippen LogP contribution in [-0.4, -0.2) is 63.1 Å². The molecule has 7 atom stereocenters. The fourth-order valence-corrected chi connectivity index (χ4v) is 5.36. The Morgan fingerprint density at radius 2 is 2.13 bits per heavy atom. The number of hydrogen-bond acceptors (Lipinski definition) is 6. The highest BCUT2D eigenvalue weighted by Crippen LogP contribution is 2.53. The number of rotatable bonds is 5. The van der Waals surface area contributed by atoms with Crippen LogP contribution in [0.4, 0.5) is 0 Å². The van der Waals surface area contributed by atoms with Crippen LogP contribution >= 0.6 is 11.8 Å². The Morgan fingerprint density at radius 3 is 2.61 bits per heavy atom. The van der Waals surface area contributed by atoms with E-state index >= 15 is 0 Å². The number of carboxylic acid groups (broad SMARTS) is 1.